The first kappa shape index (κ1) is 19.2. The van der Waals surface area contributed by atoms with Crippen molar-refractivity contribution in [1.29, 1.82) is 0 Å². The van der Waals surface area contributed by atoms with Crippen molar-refractivity contribution in [2.75, 3.05) is 40.4 Å². The van der Waals surface area contributed by atoms with E-state index < -0.39 is 0 Å². The Labute approximate surface area is 162 Å². The number of hydrazone groups is 1. The monoisotopic (exact) mass is 368 g/mol. The lowest BCUT2D eigenvalue weighted by atomic mass is 10.1. The summed E-state index contributed by atoms with van der Waals surface area (Å²) in [4.78, 5) is 1.62. The minimum Gasteiger partial charge on any atom is -0.493 e. The van der Waals surface area contributed by atoms with Gasteiger partial charge in [-0.2, -0.15) is 5.10 Å². The zero-order valence-electron chi connectivity index (χ0n) is 16.8. The van der Waals surface area contributed by atoms with Gasteiger partial charge in [-0.1, -0.05) is 29.8 Å². The van der Waals surface area contributed by atoms with Crippen LogP contribution in [0.2, 0.25) is 0 Å². The van der Waals surface area contributed by atoms with Crippen molar-refractivity contribution < 1.29 is 14.4 Å². The molecule has 0 bridgehead atoms. The standard InChI is InChI=1S/C22H29N3O2/c1-17-5-7-19(8-6-17)16-24-11-13-25(14-12-24)23-18(2)20-9-10-21(26-3)22(15-20)27-4/h5-10,15H,11-14,16H2,1-4H3/p+1/b23-18+. The van der Waals surface area contributed by atoms with Crippen molar-refractivity contribution in [2.45, 2.75) is 20.4 Å². The van der Waals surface area contributed by atoms with Gasteiger partial charge in [-0.15, -0.1) is 0 Å². The second-order valence-corrected chi connectivity index (χ2v) is 7.12. The summed E-state index contributed by atoms with van der Waals surface area (Å²) in [6, 6.07) is 14.8. The maximum atomic E-state index is 5.40. The summed E-state index contributed by atoms with van der Waals surface area (Å²) in [5.41, 5.74) is 4.78. The van der Waals surface area contributed by atoms with Gasteiger partial charge in [0.1, 0.15) is 6.54 Å². The van der Waals surface area contributed by atoms with Gasteiger partial charge < -0.3 is 14.4 Å². The predicted molar refractivity (Wildman–Crippen MR) is 109 cm³/mol. The largest absolute Gasteiger partial charge is 0.493 e. The van der Waals surface area contributed by atoms with Crippen molar-refractivity contribution >= 4 is 5.71 Å². The number of quaternary nitrogens is 1. The van der Waals surface area contributed by atoms with Crippen LogP contribution in [0.15, 0.2) is 47.6 Å². The summed E-state index contributed by atoms with van der Waals surface area (Å²) in [6.45, 7) is 9.44. The number of hydrogen-bond donors (Lipinski definition) is 1. The smallest absolute Gasteiger partial charge is 0.161 e. The summed E-state index contributed by atoms with van der Waals surface area (Å²) in [5, 5.41) is 7.02. The topological polar surface area (TPSA) is 38.5 Å². The van der Waals surface area contributed by atoms with Gasteiger partial charge in [0.15, 0.2) is 11.5 Å². The van der Waals surface area contributed by atoms with E-state index in [9.17, 15) is 0 Å². The molecule has 0 atom stereocenters. The molecule has 0 radical (unpaired) electrons. The summed E-state index contributed by atoms with van der Waals surface area (Å²) >= 11 is 0. The summed E-state index contributed by atoms with van der Waals surface area (Å²) in [5.74, 6) is 1.47. The Bertz CT molecular complexity index is 779. The molecule has 3 rings (SSSR count). The van der Waals surface area contributed by atoms with Gasteiger partial charge in [-0.25, -0.2) is 0 Å². The van der Waals surface area contributed by atoms with E-state index in [-0.39, 0.29) is 0 Å². The van der Waals surface area contributed by atoms with Crippen LogP contribution in [0.1, 0.15) is 23.6 Å². The highest BCUT2D eigenvalue weighted by Gasteiger charge is 2.19. The zero-order valence-corrected chi connectivity index (χ0v) is 16.8. The highest BCUT2D eigenvalue weighted by atomic mass is 16.5. The lowest BCUT2D eigenvalue weighted by Gasteiger charge is -2.31. The number of hydrogen-bond acceptors (Lipinski definition) is 4. The maximum Gasteiger partial charge on any atom is 0.161 e. The Morgan fingerprint density at radius 2 is 1.67 bits per heavy atom. The number of nitrogens with zero attached hydrogens (tertiary/aromatic N) is 2. The van der Waals surface area contributed by atoms with Crippen LogP contribution >= 0.6 is 0 Å². The molecule has 0 amide bonds. The molecule has 0 unspecified atom stereocenters. The second-order valence-electron chi connectivity index (χ2n) is 7.12. The molecule has 1 heterocycles. The van der Waals surface area contributed by atoms with E-state index >= 15 is 0 Å². The minimum atomic E-state index is 0.733. The molecular formula is C22H30N3O2+. The molecule has 1 fully saturated rings. The van der Waals surface area contributed by atoms with Gasteiger partial charge >= 0.3 is 0 Å². The average molecular weight is 369 g/mol. The molecule has 0 spiro atoms. The first-order chi connectivity index (χ1) is 13.1. The van der Waals surface area contributed by atoms with Crippen LogP contribution in [-0.2, 0) is 6.54 Å². The van der Waals surface area contributed by atoms with E-state index in [2.05, 4.69) is 36.2 Å². The number of ether oxygens (including phenoxy) is 2. The van der Waals surface area contributed by atoms with E-state index in [0.29, 0.717) is 0 Å². The van der Waals surface area contributed by atoms with Gasteiger partial charge in [0.25, 0.3) is 0 Å². The van der Waals surface area contributed by atoms with Crippen molar-refractivity contribution in [1.82, 2.24) is 5.01 Å². The summed E-state index contributed by atoms with van der Waals surface area (Å²) in [7, 11) is 3.31. The van der Waals surface area contributed by atoms with Crippen LogP contribution in [0.3, 0.4) is 0 Å². The molecular weight excluding hydrogens is 338 g/mol. The Morgan fingerprint density at radius 3 is 2.30 bits per heavy atom. The molecule has 1 saturated heterocycles. The maximum absolute atomic E-state index is 5.40. The van der Waals surface area contributed by atoms with E-state index in [1.54, 1.807) is 19.1 Å². The normalized spacial score (nSPS) is 15.7. The predicted octanol–water partition coefficient (Wildman–Crippen LogP) is 2.14. The van der Waals surface area contributed by atoms with Gasteiger partial charge in [-0.05, 0) is 32.0 Å². The van der Waals surface area contributed by atoms with E-state index in [0.717, 1.165) is 55.5 Å². The van der Waals surface area contributed by atoms with Crippen molar-refractivity contribution in [3.05, 3.63) is 59.2 Å². The first-order valence-corrected chi connectivity index (χ1v) is 9.50. The molecule has 0 aliphatic carbocycles. The average Bonchev–Trinajstić information content (AvgIpc) is 2.70. The number of benzene rings is 2. The van der Waals surface area contributed by atoms with Crippen LogP contribution in [0.5, 0.6) is 11.5 Å². The van der Waals surface area contributed by atoms with Crippen LogP contribution in [0, 0.1) is 6.92 Å². The summed E-state index contributed by atoms with van der Waals surface area (Å²) < 4.78 is 10.7. The molecule has 2 aromatic carbocycles. The summed E-state index contributed by atoms with van der Waals surface area (Å²) in [6.07, 6.45) is 0. The number of aryl methyl sites for hydroxylation is 1. The van der Waals surface area contributed by atoms with E-state index in [1.807, 2.05) is 25.1 Å². The van der Waals surface area contributed by atoms with Gasteiger partial charge in [-0.3, -0.25) is 5.01 Å². The third kappa shape index (κ3) is 5.01. The molecule has 27 heavy (non-hydrogen) atoms. The van der Waals surface area contributed by atoms with Crippen molar-refractivity contribution in [2.24, 2.45) is 5.10 Å². The number of rotatable bonds is 6. The molecule has 144 valence electrons. The van der Waals surface area contributed by atoms with Crippen LogP contribution in [0.4, 0.5) is 0 Å². The molecule has 2 aromatic rings. The number of nitrogens with one attached hydrogen (secondary N) is 1. The first-order valence-electron chi connectivity index (χ1n) is 9.50. The Morgan fingerprint density at radius 1 is 1.00 bits per heavy atom. The molecule has 1 aliphatic heterocycles. The van der Waals surface area contributed by atoms with Crippen molar-refractivity contribution in [3.63, 3.8) is 0 Å². The Hall–Kier alpha value is -2.53. The molecule has 0 saturated carbocycles. The van der Waals surface area contributed by atoms with Crippen LogP contribution in [-0.4, -0.2) is 51.1 Å². The quantitative estimate of drug-likeness (QED) is 0.794. The SMILES string of the molecule is COc1ccc(/C(C)=N/N2CC[NH+](Cc3ccc(C)cc3)CC2)cc1OC. The van der Waals surface area contributed by atoms with Crippen molar-refractivity contribution in [3.8, 4) is 11.5 Å². The number of methoxy groups -OCH3 is 2. The fourth-order valence-corrected chi connectivity index (χ4v) is 3.41. The van der Waals surface area contributed by atoms with Gasteiger partial charge in [0.05, 0.1) is 46.1 Å². The van der Waals surface area contributed by atoms with Gasteiger partial charge in [0.2, 0.25) is 0 Å². The number of piperazine rings is 1. The second kappa shape index (κ2) is 8.91. The fourth-order valence-electron chi connectivity index (χ4n) is 3.41. The van der Waals surface area contributed by atoms with E-state index in [1.165, 1.54) is 11.1 Å². The van der Waals surface area contributed by atoms with Crippen LogP contribution < -0.4 is 14.4 Å². The fraction of sp³-hybridized carbons (Fsp3) is 0.409. The Kier molecular flexibility index (Phi) is 6.35. The highest BCUT2D eigenvalue weighted by molar-refractivity contribution is 5.99. The van der Waals surface area contributed by atoms with Crippen LogP contribution in [0.25, 0.3) is 0 Å². The molecule has 5 heteroatoms. The third-order valence-corrected chi connectivity index (χ3v) is 5.11. The molecule has 0 aromatic heterocycles. The highest BCUT2D eigenvalue weighted by Crippen LogP contribution is 2.27. The lowest BCUT2D eigenvalue weighted by Crippen LogP contribution is -3.13. The molecule has 5 nitrogen and oxygen atoms in total. The molecule has 1 aliphatic rings. The van der Waals surface area contributed by atoms with Gasteiger partial charge in [0, 0.05) is 11.1 Å². The van der Waals surface area contributed by atoms with E-state index in [4.69, 9.17) is 14.6 Å². The molecule has 1 N–H and O–H groups in total. The zero-order chi connectivity index (χ0) is 19.2. The third-order valence-electron chi connectivity index (χ3n) is 5.11. The minimum absolute atomic E-state index is 0.733. The lowest BCUT2D eigenvalue weighted by molar-refractivity contribution is -0.918. The Balaban J connectivity index is 1.58.